The third-order valence-electron chi connectivity index (χ3n) is 7.00. The normalized spacial score (nSPS) is 17.4. The highest BCUT2D eigenvalue weighted by molar-refractivity contribution is 7.99. The number of carbonyl (C=O) groups excluding carboxylic acids is 1. The van der Waals surface area contributed by atoms with Gasteiger partial charge >= 0.3 is 11.8 Å². The lowest BCUT2D eigenvalue weighted by molar-refractivity contribution is -0.0395. The van der Waals surface area contributed by atoms with Gasteiger partial charge < -0.3 is 24.0 Å². The Labute approximate surface area is 237 Å². The van der Waals surface area contributed by atoms with Gasteiger partial charge in [-0.05, 0) is 57.0 Å². The van der Waals surface area contributed by atoms with E-state index in [-0.39, 0.29) is 30.4 Å². The van der Waals surface area contributed by atoms with Gasteiger partial charge in [0.2, 0.25) is 0 Å². The van der Waals surface area contributed by atoms with Crippen molar-refractivity contribution in [1.82, 2.24) is 14.5 Å². The number of piperazine rings is 1. The number of nitrogens with zero attached hydrogens (tertiary/aromatic N) is 4. The summed E-state index contributed by atoms with van der Waals surface area (Å²) in [5.74, 6) is 0.931. The van der Waals surface area contributed by atoms with Crippen LogP contribution in [0.4, 0.5) is 15.0 Å². The van der Waals surface area contributed by atoms with Gasteiger partial charge in [0.1, 0.15) is 24.0 Å². The highest BCUT2D eigenvalue weighted by atomic mass is 32.2. The Morgan fingerprint density at radius 3 is 2.50 bits per heavy atom. The number of hydrogen-bond donors (Lipinski definition) is 0. The Morgan fingerprint density at radius 1 is 1.15 bits per heavy atom. The molecule has 2 aliphatic rings. The van der Waals surface area contributed by atoms with Crippen LogP contribution in [0.2, 0.25) is 0 Å². The molecule has 1 amide bonds. The van der Waals surface area contributed by atoms with E-state index in [9.17, 15) is 14.0 Å². The zero-order chi connectivity index (χ0) is 28.6. The molecule has 3 aromatic rings. The molecule has 0 bridgehead atoms. The SMILES string of the molecule is COCOC[C@H]1CSc2c(-c3ccc(F)cc3)c(C)cc3c(N4CCN(C(=O)OC(C)(C)C)CC4)nc(=O)n1c23. The lowest BCUT2D eigenvalue weighted by Gasteiger charge is -2.37. The number of rotatable bonds is 6. The Bertz CT molecular complexity index is 1460. The van der Waals surface area contributed by atoms with E-state index in [1.54, 1.807) is 40.5 Å². The van der Waals surface area contributed by atoms with Crippen molar-refractivity contribution in [2.75, 3.05) is 57.3 Å². The molecular formula is C29H35FN4O5S. The average Bonchev–Trinajstić information content (AvgIpc) is 2.91. The first kappa shape index (κ1) is 28.4. The predicted octanol–water partition coefficient (Wildman–Crippen LogP) is 4.84. The summed E-state index contributed by atoms with van der Waals surface area (Å²) in [6.07, 6.45) is -0.341. The number of aryl methyl sites for hydroxylation is 1. The number of ether oxygens (including phenoxy) is 3. The fourth-order valence-electron chi connectivity index (χ4n) is 5.25. The van der Waals surface area contributed by atoms with Crippen LogP contribution >= 0.6 is 11.8 Å². The van der Waals surface area contributed by atoms with Crippen LogP contribution < -0.4 is 10.6 Å². The summed E-state index contributed by atoms with van der Waals surface area (Å²) in [5, 5.41) is 0.868. The van der Waals surface area contributed by atoms with E-state index in [0.717, 1.165) is 32.5 Å². The minimum absolute atomic E-state index is 0.133. The number of anilines is 1. The molecule has 214 valence electrons. The molecule has 1 aromatic heterocycles. The van der Waals surface area contributed by atoms with E-state index in [1.165, 1.54) is 12.1 Å². The largest absolute Gasteiger partial charge is 0.444 e. The molecule has 1 saturated heterocycles. The molecule has 0 spiro atoms. The summed E-state index contributed by atoms with van der Waals surface area (Å²) in [6, 6.07) is 8.29. The molecule has 9 nitrogen and oxygen atoms in total. The molecule has 0 radical (unpaired) electrons. The van der Waals surface area contributed by atoms with E-state index in [4.69, 9.17) is 14.2 Å². The minimum Gasteiger partial charge on any atom is -0.444 e. The van der Waals surface area contributed by atoms with E-state index in [0.29, 0.717) is 44.4 Å². The molecular weight excluding hydrogens is 535 g/mol. The van der Waals surface area contributed by atoms with Gasteiger partial charge in [0.15, 0.2) is 0 Å². The fraction of sp³-hybridized carbons (Fsp3) is 0.483. The standard InChI is InChI=1S/C29H35FN4O5S/c1-18-14-22-24-25(23(18)19-6-8-20(30)9-7-19)40-16-21(15-38-17-37-5)34(24)27(35)31-26(22)32-10-12-33(13-11-32)28(36)39-29(2,3)4/h6-9,14,21H,10-13,15-17H2,1-5H3/t21-/m0/s1. The number of aromatic nitrogens is 2. The maximum atomic E-state index is 13.8. The molecule has 0 saturated carbocycles. The molecule has 1 atom stereocenters. The van der Waals surface area contributed by atoms with Crippen molar-refractivity contribution in [2.24, 2.45) is 0 Å². The predicted molar refractivity (Wildman–Crippen MR) is 154 cm³/mol. The number of carbonyl (C=O) groups is 1. The summed E-state index contributed by atoms with van der Waals surface area (Å²) in [7, 11) is 1.56. The molecule has 1 fully saturated rings. The second-order valence-corrected chi connectivity index (χ2v) is 12.1. The van der Waals surface area contributed by atoms with Gasteiger partial charge in [0.25, 0.3) is 0 Å². The van der Waals surface area contributed by atoms with Crippen LogP contribution in [0.25, 0.3) is 22.0 Å². The maximum absolute atomic E-state index is 13.8. The Balaban J connectivity index is 1.58. The smallest absolute Gasteiger partial charge is 0.410 e. The van der Waals surface area contributed by atoms with Crippen molar-refractivity contribution in [2.45, 2.75) is 44.2 Å². The number of amides is 1. The van der Waals surface area contributed by atoms with E-state index >= 15 is 0 Å². The number of benzene rings is 2. The van der Waals surface area contributed by atoms with E-state index < -0.39 is 5.60 Å². The summed E-state index contributed by atoms with van der Waals surface area (Å²) >= 11 is 1.67. The number of hydrogen-bond acceptors (Lipinski definition) is 8. The van der Waals surface area contributed by atoms with Gasteiger partial charge in [0.05, 0.1) is 18.2 Å². The minimum atomic E-state index is -0.568. The zero-order valence-corrected chi connectivity index (χ0v) is 24.3. The van der Waals surface area contributed by atoms with Crippen molar-refractivity contribution in [3.8, 4) is 11.1 Å². The Morgan fingerprint density at radius 2 is 1.85 bits per heavy atom. The van der Waals surface area contributed by atoms with Gasteiger partial charge in [-0.1, -0.05) is 12.1 Å². The molecule has 2 aliphatic heterocycles. The molecule has 3 heterocycles. The van der Waals surface area contributed by atoms with Crippen molar-refractivity contribution in [3.05, 3.63) is 52.2 Å². The van der Waals surface area contributed by atoms with Gasteiger partial charge in [-0.25, -0.2) is 14.0 Å². The van der Waals surface area contributed by atoms with Crippen molar-refractivity contribution < 1.29 is 23.4 Å². The average molecular weight is 571 g/mol. The first-order valence-corrected chi connectivity index (χ1v) is 14.3. The summed E-state index contributed by atoms with van der Waals surface area (Å²) < 4.78 is 31.8. The van der Waals surface area contributed by atoms with E-state index in [2.05, 4.69) is 16.0 Å². The highest BCUT2D eigenvalue weighted by Gasteiger charge is 2.32. The number of thioether (sulfide) groups is 1. The summed E-state index contributed by atoms with van der Waals surface area (Å²) in [5.41, 5.74) is 2.77. The highest BCUT2D eigenvalue weighted by Crippen LogP contribution is 2.45. The van der Waals surface area contributed by atoms with Crippen LogP contribution in [-0.4, -0.2) is 78.6 Å². The summed E-state index contributed by atoms with van der Waals surface area (Å²) in [6.45, 7) is 9.98. The quantitative estimate of drug-likeness (QED) is 0.308. The fourth-order valence-corrected chi connectivity index (χ4v) is 6.63. The van der Waals surface area contributed by atoms with Gasteiger partial charge in [-0.15, -0.1) is 11.8 Å². The van der Waals surface area contributed by atoms with Crippen molar-refractivity contribution >= 4 is 34.6 Å². The topological polar surface area (TPSA) is 86.1 Å². The summed E-state index contributed by atoms with van der Waals surface area (Å²) in [4.78, 5) is 35.6. The molecule has 0 unspecified atom stereocenters. The van der Waals surface area contributed by atoms with Crippen molar-refractivity contribution in [3.63, 3.8) is 0 Å². The Kier molecular flexibility index (Phi) is 8.08. The third-order valence-corrected chi connectivity index (χ3v) is 8.24. The van der Waals surface area contributed by atoms with Crippen molar-refractivity contribution in [1.29, 1.82) is 0 Å². The lowest BCUT2D eigenvalue weighted by atomic mass is 9.97. The van der Waals surface area contributed by atoms with E-state index in [1.807, 2.05) is 27.7 Å². The molecule has 40 heavy (non-hydrogen) atoms. The second kappa shape index (κ2) is 11.4. The van der Waals surface area contributed by atoms with Gasteiger partial charge in [-0.2, -0.15) is 4.98 Å². The molecule has 11 heteroatoms. The first-order chi connectivity index (χ1) is 19.1. The van der Waals surface area contributed by atoms with Gasteiger partial charge in [-0.3, -0.25) is 4.57 Å². The zero-order valence-electron chi connectivity index (χ0n) is 23.5. The third kappa shape index (κ3) is 5.68. The first-order valence-electron chi connectivity index (χ1n) is 13.4. The van der Waals surface area contributed by atoms with Crippen LogP contribution in [0.1, 0.15) is 32.4 Å². The van der Waals surface area contributed by atoms with Crippen LogP contribution in [0.5, 0.6) is 0 Å². The van der Waals surface area contributed by atoms with Gasteiger partial charge in [0, 0.05) is 54.9 Å². The monoisotopic (exact) mass is 570 g/mol. The molecule has 2 aromatic carbocycles. The molecule has 0 N–H and O–H groups in total. The number of halogens is 1. The second-order valence-electron chi connectivity index (χ2n) is 11.1. The Hall–Kier alpha value is -3.15. The lowest BCUT2D eigenvalue weighted by Crippen LogP contribution is -2.50. The molecule has 0 aliphatic carbocycles. The van der Waals surface area contributed by atoms with Crippen LogP contribution in [-0.2, 0) is 14.2 Å². The maximum Gasteiger partial charge on any atom is 0.410 e. The molecule has 5 rings (SSSR count). The number of methoxy groups -OCH3 is 1. The van der Waals surface area contributed by atoms with Crippen LogP contribution in [0, 0.1) is 12.7 Å². The van der Waals surface area contributed by atoms with Crippen LogP contribution in [0.15, 0.2) is 40.0 Å². The van der Waals surface area contributed by atoms with Crippen LogP contribution in [0.3, 0.4) is 0 Å².